The summed E-state index contributed by atoms with van der Waals surface area (Å²) >= 11 is 0. The quantitative estimate of drug-likeness (QED) is 0.581. The molecule has 0 aliphatic rings. The third-order valence-electron chi connectivity index (χ3n) is 4.33. The molecule has 0 aromatic heterocycles. The standard InChI is InChI=1S/C21H3F8N5/c22-18-12(1-10(4-30)17(19(18)23)11(5-31)6-32)13(7-33)9-2-15(20(24,25)26)14(8-34)16(3-9)21(27,28)29/h1-3H/b13-12-. The van der Waals surface area contributed by atoms with E-state index in [1.807, 2.05) is 0 Å². The summed E-state index contributed by atoms with van der Waals surface area (Å²) in [6.07, 6.45) is -11.0. The summed E-state index contributed by atoms with van der Waals surface area (Å²) in [5, 5.41) is 42.9. The highest BCUT2D eigenvalue weighted by atomic mass is 19.4. The third kappa shape index (κ3) is 4.35. The van der Waals surface area contributed by atoms with Gasteiger partial charge in [0.2, 0.25) is 0 Å². The Bertz CT molecular complexity index is 1500. The normalized spacial score (nSPS) is 11.9. The molecule has 0 aliphatic heterocycles. The summed E-state index contributed by atoms with van der Waals surface area (Å²) in [5.74, 6) is -4.01. The van der Waals surface area contributed by atoms with Crippen LogP contribution in [0.1, 0.15) is 27.8 Å². The minimum Gasteiger partial charge on any atom is -0.203 e. The Morgan fingerprint density at radius 3 is 1.53 bits per heavy atom. The van der Waals surface area contributed by atoms with Gasteiger partial charge in [0.1, 0.15) is 29.8 Å². The lowest BCUT2D eigenvalue weighted by molar-refractivity contribution is -0.143. The summed E-state index contributed by atoms with van der Waals surface area (Å²) in [4.78, 5) is 0. The zero-order valence-electron chi connectivity index (χ0n) is 16.0. The van der Waals surface area contributed by atoms with Crippen molar-refractivity contribution in [1.82, 2.24) is 0 Å². The Labute approximate surface area is 184 Å². The van der Waals surface area contributed by atoms with E-state index >= 15 is 0 Å². The van der Waals surface area contributed by atoms with Gasteiger partial charge in [-0.2, -0.15) is 52.7 Å². The molecule has 5 nitrogen and oxygen atoms in total. The summed E-state index contributed by atoms with van der Waals surface area (Å²) in [6.45, 7) is 0. The molecule has 0 amide bonds. The molecule has 2 aromatic rings. The number of hydrogen-bond acceptors (Lipinski definition) is 5. The van der Waals surface area contributed by atoms with Crippen molar-refractivity contribution in [2.45, 2.75) is 12.4 Å². The predicted molar refractivity (Wildman–Crippen MR) is 94.2 cm³/mol. The molecule has 0 N–H and O–H groups in total. The first-order valence-electron chi connectivity index (χ1n) is 8.36. The molecule has 2 rings (SSSR count). The molecule has 0 radical (unpaired) electrons. The van der Waals surface area contributed by atoms with Crippen molar-refractivity contribution >= 4 is 11.1 Å². The van der Waals surface area contributed by atoms with Gasteiger partial charge in [-0.1, -0.05) is 0 Å². The zero-order chi connectivity index (χ0) is 26.0. The van der Waals surface area contributed by atoms with E-state index in [1.165, 1.54) is 24.3 Å². The maximum Gasteiger partial charge on any atom is 0.417 e. The average molecular weight is 477 g/mol. The van der Waals surface area contributed by atoms with E-state index in [2.05, 4.69) is 0 Å². The maximum absolute atomic E-state index is 14.8. The van der Waals surface area contributed by atoms with Crippen LogP contribution in [-0.4, -0.2) is 0 Å². The number of rotatable bonds is 1. The van der Waals surface area contributed by atoms with E-state index in [-0.39, 0.29) is 12.1 Å². The minimum absolute atomic E-state index is 0.0221. The van der Waals surface area contributed by atoms with Crippen LogP contribution in [0.4, 0.5) is 35.1 Å². The second-order valence-electron chi connectivity index (χ2n) is 6.23. The van der Waals surface area contributed by atoms with Crippen molar-refractivity contribution in [2.75, 3.05) is 0 Å². The smallest absolute Gasteiger partial charge is 0.203 e. The zero-order valence-corrected chi connectivity index (χ0v) is 16.0. The number of hydrogen-bond donors (Lipinski definition) is 0. The Hall–Kier alpha value is -4.93. The highest BCUT2D eigenvalue weighted by Gasteiger charge is 2.42. The number of nitriles is 5. The van der Waals surface area contributed by atoms with Crippen LogP contribution in [0.25, 0.3) is 11.1 Å². The van der Waals surface area contributed by atoms with E-state index in [9.17, 15) is 45.6 Å². The van der Waals surface area contributed by atoms with Crippen molar-refractivity contribution in [1.29, 1.82) is 26.3 Å². The lowest BCUT2D eigenvalue weighted by Gasteiger charge is -2.16. The number of nitrogens with zero attached hydrogens (tertiary/aromatic N) is 5. The summed E-state index contributed by atoms with van der Waals surface area (Å²) < 4.78 is 110. The van der Waals surface area contributed by atoms with Crippen LogP contribution < -0.4 is 10.4 Å². The Morgan fingerprint density at radius 1 is 0.676 bits per heavy atom. The van der Waals surface area contributed by atoms with E-state index in [0.717, 1.165) is 6.07 Å². The molecule has 0 bridgehead atoms. The molecular weight excluding hydrogens is 474 g/mol. The highest BCUT2D eigenvalue weighted by Crippen LogP contribution is 2.40. The second-order valence-corrected chi connectivity index (χ2v) is 6.23. The van der Waals surface area contributed by atoms with Gasteiger partial charge in [-0.05, 0) is 23.8 Å². The van der Waals surface area contributed by atoms with Crippen molar-refractivity contribution in [3.05, 3.63) is 68.1 Å². The van der Waals surface area contributed by atoms with Crippen molar-refractivity contribution < 1.29 is 35.1 Å². The summed E-state index contributed by atoms with van der Waals surface area (Å²) in [6, 6.07) is 6.07. The van der Waals surface area contributed by atoms with Crippen molar-refractivity contribution in [2.24, 2.45) is 0 Å². The van der Waals surface area contributed by atoms with E-state index < -0.39 is 73.4 Å². The molecule has 0 saturated carbocycles. The minimum atomic E-state index is -5.50. The first-order chi connectivity index (χ1) is 15.8. The van der Waals surface area contributed by atoms with Gasteiger partial charge in [0.05, 0.1) is 39.1 Å². The molecule has 0 atom stereocenters. The van der Waals surface area contributed by atoms with Crippen molar-refractivity contribution in [3.63, 3.8) is 0 Å². The number of benzene rings is 2. The Morgan fingerprint density at radius 2 is 1.18 bits per heavy atom. The summed E-state index contributed by atoms with van der Waals surface area (Å²) in [5.41, 5.74) is -10.3. The fourth-order valence-corrected chi connectivity index (χ4v) is 2.91. The van der Waals surface area contributed by atoms with Gasteiger partial charge in [-0.15, -0.1) is 0 Å². The third-order valence-corrected chi connectivity index (χ3v) is 4.33. The van der Waals surface area contributed by atoms with Gasteiger partial charge in [-0.25, -0.2) is 8.78 Å². The molecular formula is C21H3F8N5. The van der Waals surface area contributed by atoms with Crippen LogP contribution in [0.15, 0.2) is 18.2 Å². The molecule has 0 saturated heterocycles. The van der Waals surface area contributed by atoms with Crippen LogP contribution in [0, 0.1) is 68.3 Å². The maximum atomic E-state index is 14.8. The van der Waals surface area contributed by atoms with E-state index in [4.69, 9.17) is 15.8 Å². The highest BCUT2D eigenvalue weighted by molar-refractivity contribution is 5.79. The van der Waals surface area contributed by atoms with Gasteiger partial charge in [0, 0.05) is 5.22 Å². The first kappa shape index (κ1) is 25.3. The van der Waals surface area contributed by atoms with Crippen LogP contribution >= 0.6 is 0 Å². The molecule has 13 heteroatoms. The Kier molecular flexibility index (Phi) is 6.63. The van der Waals surface area contributed by atoms with Crippen LogP contribution in [0.5, 0.6) is 0 Å². The predicted octanol–water partition coefficient (Wildman–Crippen LogP) is 3.67. The summed E-state index contributed by atoms with van der Waals surface area (Å²) in [7, 11) is 0. The number of halogens is 8. The van der Waals surface area contributed by atoms with Gasteiger partial charge < -0.3 is 0 Å². The van der Waals surface area contributed by atoms with E-state index in [0.29, 0.717) is 6.07 Å². The lowest BCUT2D eigenvalue weighted by Crippen LogP contribution is -2.27. The SMILES string of the molecule is N#CC(C#N)=c1c(C#N)c/c(=C(\C#N)c2cc(C(F)(F)F)c(C#N)c(C(F)(F)F)c2)c(F)c1F. The average Bonchev–Trinajstić information content (AvgIpc) is 2.77. The molecule has 0 heterocycles. The van der Waals surface area contributed by atoms with Crippen LogP contribution in [0.3, 0.4) is 0 Å². The van der Waals surface area contributed by atoms with Gasteiger partial charge >= 0.3 is 12.4 Å². The fraction of sp³-hybridized carbons (Fsp3) is 0.0952. The molecule has 2 aromatic carbocycles. The molecule has 0 unspecified atom stereocenters. The molecule has 0 fully saturated rings. The Balaban J connectivity index is 3.25. The molecule has 168 valence electrons. The van der Waals surface area contributed by atoms with Gasteiger partial charge in [-0.3, -0.25) is 0 Å². The molecule has 0 aliphatic carbocycles. The van der Waals surface area contributed by atoms with Crippen LogP contribution in [0.2, 0.25) is 0 Å². The monoisotopic (exact) mass is 477 g/mol. The van der Waals surface area contributed by atoms with Crippen LogP contribution in [-0.2, 0) is 12.4 Å². The van der Waals surface area contributed by atoms with Crippen molar-refractivity contribution in [3.8, 4) is 30.3 Å². The van der Waals surface area contributed by atoms with Gasteiger partial charge in [0.15, 0.2) is 11.6 Å². The topological polar surface area (TPSA) is 119 Å². The van der Waals surface area contributed by atoms with E-state index in [1.54, 1.807) is 0 Å². The molecule has 34 heavy (non-hydrogen) atoms. The second kappa shape index (κ2) is 8.90. The first-order valence-corrected chi connectivity index (χ1v) is 8.36. The van der Waals surface area contributed by atoms with Gasteiger partial charge in [0.25, 0.3) is 0 Å². The molecule has 0 spiro atoms. The largest absolute Gasteiger partial charge is 0.417 e. The number of alkyl halides is 6. The lowest BCUT2D eigenvalue weighted by atomic mass is 9.92. The fourth-order valence-electron chi connectivity index (χ4n) is 2.91.